The molecule has 8 heteroatoms. The summed E-state index contributed by atoms with van der Waals surface area (Å²) in [4.78, 5) is 16.8. The van der Waals surface area contributed by atoms with Gasteiger partial charge in [-0.1, -0.05) is 0 Å². The maximum absolute atomic E-state index is 12.4. The van der Waals surface area contributed by atoms with Crippen LogP contribution in [0.2, 0.25) is 0 Å². The highest BCUT2D eigenvalue weighted by molar-refractivity contribution is 7.89. The van der Waals surface area contributed by atoms with Gasteiger partial charge in [-0.2, -0.15) is 0 Å². The van der Waals surface area contributed by atoms with Gasteiger partial charge in [-0.15, -0.1) is 0 Å². The van der Waals surface area contributed by atoms with E-state index in [-0.39, 0.29) is 10.8 Å². The minimum atomic E-state index is -3.51. The summed E-state index contributed by atoms with van der Waals surface area (Å²) < 4.78 is 27.1. The number of nitrogens with one attached hydrogen (secondary N) is 1. The lowest BCUT2D eigenvalue weighted by Gasteiger charge is -2.11. The molecule has 0 radical (unpaired) electrons. The number of nitrogens with zero attached hydrogens (tertiary/aromatic N) is 3. The molecule has 0 saturated carbocycles. The summed E-state index contributed by atoms with van der Waals surface area (Å²) in [5, 5.41) is 2.79. The number of anilines is 1. The molecule has 7 nitrogen and oxygen atoms in total. The van der Waals surface area contributed by atoms with Crippen LogP contribution in [-0.2, 0) is 10.0 Å². The minimum Gasteiger partial charge on any atom is -0.321 e. The average Bonchev–Trinajstić information content (AvgIpc) is 2.94. The van der Waals surface area contributed by atoms with Crippen molar-refractivity contribution in [3.8, 4) is 0 Å². The van der Waals surface area contributed by atoms with Gasteiger partial charge in [0.1, 0.15) is 5.65 Å². The van der Waals surface area contributed by atoms with Gasteiger partial charge in [0.05, 0.1) is 16.3 Å². The van der Waals surface area contributed by atoms with Crippen molar-refractivity contribution >= 4 is 27.3 Å². The van der Waals surface area contributed by atoms with Gasteiger partial charge in [0.15, 0.2) is 0 Å². The molecule has 0 aliphatic heterocycles. The van der Waals surface area contributed by atoms with Gasteiger partial charge < -0.3 is 9.72 Å². The van der Waals surface area contributed by atoms with Crippen molar-refractivity contribution in [1.29, 1.82) is 0 Å². The summed E-state index contributed by atoms with van der Waals surface area (Å²) in [6, 6.07) is 9.41. The largest absolute Gasteiger partial charge is 0.321 e. The first-order valence-electron chi connectivity index (χ1n) is 7.57. The van der Waals surface area contributed by atoms with Crippen molar-refractivity contribution in [2.45, 2.75) is 11.8 Å². The summed E-state index contributed by atoms with van der Waals surface area (Å²) in [6.45, 7) is 1.90. The molecule has 1 amide bonds. The van der Waals surface area contributed by atoms with Crippen LogP contribution in [0.25, 0.3) is 5.65 Å². The van der Waals surface area contributed by atoms with Crippen molar-refractivity contribution in [2.75, 3.05) is 19.4 Å². The number of aryl methyl sites for hydroxylation is 1. The zero-order valence-corrected chi connectivity index (χ0v) is 14.9. The number of hydrogen-bond donors (Lipinski definition) is 1. The quantitative estimate of drug-likeness (QED) is 0.774. The third-order valence-electron chi connectivity index (χ3n) is 3.72. The van der Waals surface area contributed by atoms with E-state index in [1.807, 2.05) is 23.6 Å². The monoisotopic (exact) mass is 358 g/mol. The summed E-state index contributed by atoms with van der Waals surface area (Å²) in [6.07, 6.45) is 3.64. The highest BCUT2D eigenvalue weighted by Crippen LogP contribution is 2.16. The molecule has 1 N–H and O–H groups in total. The van der Waals surface area contributed by atoms with Crippen molar-refractivity contribution in [2.24, 2.45) is 0 Å². The Bertz CT molecular complexity index is 1040. The molecule has 0 fully saturated rings. The second-order valence-corrected chi connectivity index (χ2v) is 7.98. The van der Waals surface area contributed by atoms with Crippen molar-refractivity contribution in [3.63, 3.8) is 0 Å². The first kappa shape index (κ1) is 17.1. The Morgan fingerprint density at radius 2 is 1.76 bits per heavy atom. The number of hydrogen-bond acceptors (Lipinski definition) is 4. The van der Waals surface area contributed by atoms with Gasteiger partial charge in [0.2, 0.25) is 10.0 Å². The highest BCUT2D eigenvalue weighted by atomic mass is 32.2. The van der Waals surface area contributed by atoms with Crippen LogP contribution in [0, 0.1) is 6.92 Å². The third kappa shape index (κ3) is 3.40. The number of pyridine rings is 1. The second-order valence-electron chi connectivity index (χ2n) is 5.83. The Hall–Kier alpha value is -2.71. The van der Waals surface area contributed by atoms with Gasteiger partial charge in [-0.3, -0.25) is 4.79 Å². The topological polar surface area (TPSA) is 83.8 Å². The van der Waals surface area contributed by atoms with E-state index in [2.05, 4.69) is 10.3 Å². The number of carbonyl (C=O) groups excluding carboxylic acids is 1. The number of rotatable bonds is 4. The van der Waals surface area contributed by atoms with Gasteiger partial charge in [0, 0.05) is 32.1 Å². The molecule has 2 aromatic heterocycles. The summed E-state index contributed by atoms with van der Waals surface area (Å²) in [5.41, 5.74) is 2.69. The normalized spacial score (nSPS) is 11.8. The standard InChI is InChI=1S/C17H18N4O3S/c1-12-10-21-11-14(6-9-16(21)18-12)19-17(22)13-4-7-15(8-5-13)25(23,24)20(2)3/h4-11H,1-3H3,(H,19,22). The zero-order chi connectivity index (χ0) is 18.2. The SMILES string of the molecule is Cc1cn2cc(NC(=O)c3ccc(S(=O)(=O)N(C)C)cc3)ccc2n1. The average molecular weight is 358 g/mol. The molecule has 0 aliphatic rings. The number of benzene rings is 1. The molecule has 1 aromatic carbocycles. The smallest absolute Gasteiger partial charge is 0.255 e. The minimum absolute atomic E-state index is 0.143. The van der Waals surface area contributed by atoms with Crippen LogP contribution >= 0.6 is 0 Å². The summed E-state index contributed by atoms with van der Waals surface area (Å²) in [7, 11) is -0.584. The Balaban J connectivity index is 1.80. The van der Waals surface area contributed by atoms with E-state index in [0.29, 0.717) is 11.3 Å². The number of sulfonamides is 1. The van der Waals surface area contributed by atoms with Gasteiger partial charge >= 0.3 is 0 Å². The van der Waals surface area contributed by atoms with Crippen LogP contribution in [0.5, 0.6) is 0 Å². The lowest BCUT2D eigenvalue weighted by Crippen LogP contribution is -2.22. The molecule has 130 valence electrons. The van der Waals surface area contributed by atoms with Crippen LogP contribution in [0.15, 0.2) is 53.7 Å². The predicted molar refractivity (Wildman–Crippen MR) is 95.2 cm³/mol. The number of imidazole rings is 1. The molecular weight excluding hydrogens is 340 g/mol. The van der Waals surface area contributed by atoms with Crippen LogP contribution in [0.4, 0.5) is 5.69 Å². The molecular formula is C17H18N4O3S. The summed E-state index contributed by atoms with van der Waals surface area (Å²) in [5.74, 6) is -0.315. The molecule has 0 bridgehead atoms. The number of fused-ring (bicyclic) bond motifs is 1. The van der Waals surface area contributed by atoms with Crippen molar-refractivity contribution in [1.82, 2.24) is 13.7 Å². The molecule has 2 heterocycles. The second kappa shape index (κ2) is 6.30. The molecule has 0 atom stereocenters. The van der Waals surface area contributed by atoms with Crippen molar-refractivity contribution < 1.29 is 13.2 Å². The van der Waals surface area contributed by atoms with E-state index >= 15 is 0 Å². The lowest BCUT2D eigenvalue weighted by atomic mass is 10.2. The van der Waals surface area contributed by atoms with Gasteiger partial charge in [-0.05, 0) is 43.3 Å². The first-order valence-corrected chi connectivity index (χ1v) is 9.01. The molecule has 0 aliphatic carbocycles. The third-order valence-corrected chi connectivity index (χ3v) is 5.55. The fourth-order valence-corrected chi connectivity index (χ4v) is 3.29. The summed E-state index contributed by atoms with van der Waals surface area (Å²) >= 11 is 0. The van der Waals surface area contributed by atoms with Crippen LogP contribution in [0.1, 0.15) is 16.1 Å². The Labute approximate surface area is 146 Å². The zero-order valence-electron chi connectivity index (χ0n) is 14.1. The highest BCUT2D eigenvalue weighted by Gasteiger charge is 2.17. The Morgan fingerprint density at radius 1 is 1.08 bits per heavy atom. The molecule has 0 spiro atoms. The Kier molecular flexibility index (Phi) is 4.32. The number of aromatic nitrogens is 2. The fourth-order valence-electron chi connectivity index (χ4n) is 2.38. The molecule has 25 heavy (non-hydrogen) atoms. The number of carbonyl (C=O) groups is 1. The molecule has 3 aromatic rings. The van der Waals surface area contributed by atoms with E-state index in [9.17, 15) is 13.2 Å². The molecule has 3 rings (SSSR count). The van der Waals surface area contributed by atoms with Gasteiger partial charge in [0.25, 0.3) is 5.91 Å². The molecule has 0 unspecified atom stereocenters. The fraction of sp³-hybridized carbons (Fsp3) is 0.176. The van der Waals surface area contributed by atoms with E-state index in [0.717, 1.165) is 15.6 Å². The predicted octanol–water partition coefficient (Wildman–Crippen LogP) is 2.15. The van der Waals surface area contributed by atoms with E-state index < -0.39 is 10.0 Å². The lowest BCUT2D eigenvalue weighted by molar-refractivity contribution is 0.102. The Morgan fingerprint density at radius 3 is 2.40 bits per heavy atom. The van der Waals surface area contributed by atoms with Crippen LogP contribution < -0.4 is 5.32 Å². The van der Waals surface area contributed by atoms with Crippen LogP contribution in [-0.4, -0.2) is 42.1 Å². The van der Waals surface area contributed by atoms with Crippen LogP contribution in [0.3, 0.4) is 0 Å². The number of amides is 1. The van der Waals surface area contributed by atoms with Gasteiger partial charge in [-0.25, -0.2) is 17.7 Å². The van der Waals surface area contributed by atoms with E-state index in [1.165, 1.54) is 38.4 Å². The maximum Gasteiger partial charge on any atom is 0.255 e. The first-order chi connectivity index (χ1) is 11.8. The van der Waals surface area contributed by atoms with E-state index in [4.69, 9.17) is 0 Å². The maximum atomic E-state index is 12.4. The van der Waals surface area contributed by atoms with Crippen molar-refractivity contribution in [3.05, 3.63) is 60.0 Å². The molecule has 0 saturated heterocycles. The van der Waals surface area contributed by atoms with E-state index in [1.54, 1.807) is 12.3 Å².